The van der Waals surface area contributed by atoms with E-state index in [1.165, 1.54) is 29.2 Å². The zero-order valence-corrected chi connectivity index (χ0v) is 12.8. The van der Waals surface area contributed by atoms with Crippen LogP contribution in [0.15, 0.2) is 29.2 Å². The average Bonchev–Trinajstić information content (AvgIpc) is 3.17. The number of carbonyl (C=O) groups excluding carboxylic acids is 1. The highest BCUT2D eigenvalue weighted by Crippen LogP contribution is 2.45. The number of aliphatic hydroxyl groups excluding tert-OH is 1. The van der Waals surface area contributed by atoms with E-state index in [1.54, 1.807) is 7.05 Å². The number of benzene rings is 1. The van der Waals surface area contributed by atoms with E-state index in [0.29, 0.717) is 12.2 Å². The number of rotatable bonds is 5. The second-order valence-corrected chi connectivity index (χ2v) is 6.66. The maximum atomic E-state index is 12.3. The molecule has 1 aromatic carbocycles. The van der Waals surface area contributed by atoms with Crippen molar-refractivity contribution in [1.29, 1.82) is 0 Å². The molecule has 0 spiro atoms. The average molecular weight is 334 g/mol. The fourth-order valence-corrected chi connectivity index (χ4v) is 2.71. The van der Waals surface area contributed by atoms with Gasteiger partial charge in [0.2, 0.25) is 0 Å². The zero-order valence-electron chi connectivity index (χ0n) is 12.0. The van der Waals surface area contributed by atoms with Gasteiger partial charge in [0.1, 0.15) is 0 Å². The number of nitrogens with one attached hydrogen (secondary N) is 1. The van der Waals surface area contributed by atoms with Gasteiger partial charge in [-0.2, -0.15) is 13.2 Å². The van der Waals surface area contributed by atoms with Gasteiger partial charge < -0.3 is 15.3 Å². The Morgan fingerprint density at radius 2 is 2.14 bits per heavy atom. The summed E-state index contributed by atoms with van der Waals surface area (Å²) in [7, 11) is 1.60. The van der Waals surface area contributed by atoms with E-state index in [4.69, 9.17) is 0 Å². The Labute approximate surface area is 130 Å². The zero-order chi connectivity index (χ0) is 16.4. The number of hydrogen-bond donors (Lipinski definition) is 2. The Hall–Kier alpha value is -1.41. The van der Waals surface area contributed by atoms with Crippen molar-refractivity contribution in [3.63, 3.8) is 0 Å². The number of alkyl halides is 3. The molecule has 2 N–H and O–H groups in total. The number of hydrogen-bond acceptors (Lipinski definition) is 3. The number of anilines is 1. The largest absolute Gasteiger partial charge is 0.446 e. The highest BCUT2D eigenvalue weighted by atomic mass is 32.2. The molecule has 2 rings (SSSR count). The smallest absolute Gasteiger partial charge is 0.396 e. The first-order valence-corrected chi connectivity index (χ1v) is 7.53. The lowest BCUT2D eigenvalue weighted by molar-refractivity contribution is -0.0328. The Balaban J connectivity index is 1.95. The molecular weight excluding hydrogens is 317 g/mol. The SMILES string of the molecule is CN(CC1(CO)CC1)C(=O)Nc1cccc(SC(F)(F)F)c1. The summed E-state index contributed by atoms with van der Waals surface area (Å²) in [5, 5.41) is 11.8. The normalized spacial score (nSPS) is 16.2. The molecule has 0 radical (unpaired) electrons. The van der Waals surface area contributed by atoms with E-state index in [1.807, 2.05) is 0 Å². The molecule has 0 heterocycles. The monoisotopic (exact) mass is 334 g/mol. The summed E-state index contributed by atoms with van der Waals surface area (Å²) in [5.74, 6) is 0. The lowest BCUT2D eigenvalue weighted by Crippen LogP contribution is -2.37. The van der Waals surface area contributed by atoms with Gasteiger partial charge in [0.15, 0.2) is 0 Å². The standard InChI is InChI=1S/C14H17F3N2O2S/c1-19(8-13(9-20)5-6-13)12(21)18-10-3-2-4-11(7-10)22-14(15,16)17/h2-4,7,20H,5-6,8-9H2,1H3,(H,18,21). The molecular formula is C14H17F3N2O2S. The minimum absolute atomic E-state index is 0.0157. The number of carbonyl (C=O) groups is 1. The van der Waals surface area contributed by atoms with Gasteiger partial charge in [-0.1, -0.05) is 6.07 Å². The Kier molecular flexibility index (Phi) is 4.91. The van der Waals surface area contributed by atoms with E-state index in [-0.39, 0.29) is 28.7 Å². The Morgan fingerprint density at radius 3 is 2.68 bits per heavy atom. The van der Waals surface area contributed by atoms with Crippen LogP contribution < -0.4 is 5.32 Å². The van der Waals surface area contributed by atoms with Crippen LogP contribution in [0.3, 0.4) is 0 Å². The van der Waals surface area contributed by atoms with Crippen molar-refractivity contribution in [3.8, 4) is 0 Å². The molecule has 1 fully saturated rings. The van der Waals surface area contributed by atoms with Crippen molar-refractivity contribution in [2.45, 2.75) is 23.2 Å². The third-order valence-electron chi connectivity index (χ3n) is 3.53. The maximum absolute atomic E-state index is 12.3. The van der Waals surface area contributed by atoms with E-state index in [0.717, 1.165) is 12.8 Å². The van der Waals surface area contributed by atoms with Crippen LogP contribution in [0.25, 0.3) is 0 Å². The molecule has 1 aliphatic carbocycles. The lowest BCUT2D eigenvalue weighted by Gasteiger charge is -2.23. The van der Waals surface area contributed by atoms with Gasteiger partial charge in [-0.3, -0.25) is 0 Å². The molecule has 2 amide bonds. The minimum Gasteiger partial charge on any atom is -0.396 e. The van der Waals surface area contributed by atoms with E-state index in [2.05, 4.69) is 5.32 Å². The molecule has 122 valence electrons. The first-order valence-electron chi connectivity index (χ1n) is 6.72. The van der Waals surface area contributed by atoms with Crippen LogP contribution in [0, 0.1) is 5.41 Å². The van der Waals surface area contributed by atoms with Crippen LogP contribution >= 0.6 is 11.8 Å². The van der Waals surface area contributed by atoms with Crippen molar-refractivity contribution < 1.29 is 23.1 Å². The number of halogens is 3. The number of amides is 2. The summed E-state index contributed by atoms with van der Waals surface area (Å²) >= 11 is -0.224. The molecule has 0 bridgehead atoms. The van der Waals surface area contributed by atoms with Crippen LogP contribution in [0.1, 0.15) is 12.8 Å². The Bertz CT molecular complexity index is 547. The molecule has 0 atom stereocenters. The molecule has 0 aromatic heterocycles. The van der Waals surface area contributed by atoms with Gasteiger partial charge >= 0.3 is 11.5 Å². The van der Waals surface area contributed by atoms with Crippen LogP contribution in [-0.2, 0) is 0 Å². The molecule has 22 heavy (non-hydrogen) atoms. The molecule has 1 aliphatic rings. The highest BCUT2D eigenvalue weighted by Gasteiger charge is 2.43. The van der Waals surface area contributed by atoms with Crippen molar-refractivity contribution in [2.24, 2.45) is 5.41 Å². The number of thioether (sulfide) groups is 1. The second-order valence-electron chi connectivity index (χ2n) is 5.52. The first kappa shape index (κ1) is 17.0. The molecule has 0 aliphatic heterocycles. The van der Waals surface area contributed by atoms with Gasteiger partial charge in [0, 0.05) is 29.6 Å². The third kappa shape index (κ3) is 4.81. The maximum Gasteiger partial charge on any atom is 0.446 e. The van der Waals surface area contributed by atoms with Crippen molar-refractivity contribution in [2.75, 3.05) is 25.5 Å². The van der Waals surface area contributed by atoms with Crippen LogP contribution in [0.4, 0.5) is 23.7 Å². The van der Waals surface area contributed by atoms with Gasteiger partial charge in [-0.15, -0.1) is 0 Å². The second kappa shape index (κ2) is 6.37. The summed E-state index contributed by atoms with van der Waals surface area (Å²) in [6, 6.07) is 5.20. The molecule has 8 heteroatoms. The van der Waals surface area contributed by atoms with E-state index < -0.39 is 11.5 Å². The van der Waals surface area contributed by atoms with Crippen molar-refractivity contribution in [3.05, 3.63) is 24.3 Å². The summed E-state index contributed by atoms with van der Waals surface area (Å²) in [5.41, 5.74) is -4.26. The number of nitrogens with zero attached hydrogens (tertiary/aromatic N) is 1. The molecule has 0 unspecified atom stereocenters. The molecule has 1 saturated carbocycles. The fourth-order valence-electron chi connectivity index (χ4n) is 2.11. The van der Waals surface area contributed by atoms with Crippen LogP contribution in [-0.4, -0.2) is 41.7 Å². The van der Waals surface area contributed by atoms with Gasteiger partial charge in [-0.25, -0.2) is 4.79 Å². The molecule has 1 aromatic rings. The van der Waals surface area contributed by atoms with E-state index >= 15 is 0 Å². The summed E-state index contributed by atoms with van der Waals surface area (Å²) in [6.07, 6.45) is 1.75. The number of urea groups is 1. The van der Waals surface area contributed by atoms with Crippen LogP contribution in [0.2, 0.25) is 0 Å². The van der Waals surface area contributed by atoms with Gasteiger partial charge in [-0.05, 0) is 42.8 Å². The quantitative estimate of drug-likeness (QED) is 0.810. The minimum atomic E-state index is -4.36. The molecule has 0 saturated heterocycles. The predicted molar refractivity (Wildman–Crippen MR) is 78.8 cm³/mol. The summed E-state index contributed by atoms with van der Waals surface area (Å²) in [4.78, 5) is 13.5. The number of aliphatic hydroxyl groups is 1. The fraction of sp³-hybridized carbons (Fsp3) is 0.500. The van der Waals surface area contributed by atoms with Crippen LogP contribution in [0.5, 0.6) is 0 Å². The Morgan fingerprint density at radius 1 is 1.45 bits per heavy atom. The third-order valence-corrected chi connectivity index (χ3v) is 4.25. The van der Waals surface area contributed by atoms with Crippen molar-refractivity contribution >= 4 is 23.5 Å². The lowest BCUT2D eigenvalue weighted by atomic mass is 10.1. The summed E-state index contributed by atoms with van der Waals surface area (Å²) < 4.78 is 37.0. The highest BCUT2D eigenvalue weighted by molar-refractivity contribution is 8.00. The summed E-state index contributed by atoms with van der Waals surface area (Å²) in [6.45, 7) is 0.453. The topological polar surface area (TPSA) is 52.6 Å². The van der Waals surface area contributed by atoms with Gasteiger partial charge in [0.05, 0.1) is 6.61 Å². The first-order chi connectivity index (χ1) is 10.2. The van der Waals surface area contributed by atoms with Crippen molar-refractivity contribution in [1.82, 2.24) is 4.90 Å². The van der Waals surface area contributed by atoms with E-state index in [9.17, 15) is 23.1 Å². The molecule has 4 nitrogen and oxygen atoms in total. The van der Waals surface area contributed by atoms with Gasteiger partial charge in [0.25, 0.3) is 0 Å². The predicted octanol–water partition coefficient (Wildman–Crippen LogP) is 3.53.